The number of hydrogen-bond donors (Lipinski definition) is 4. The van der Waals surface area contributed by atoms with E-state index >= 15 is 0 Å². The molecule has 0 radical (unpaired) electrons. The van der Waals surface area contributed by atoms with E-state index in [1.807, 2.05) is 68.6 Å². The van der Waals surface area contributed by atoms with Gasteiger partial charge in [0.25, 0.3) is 0 Å². The molecule has 4 heterocycles. The number of aromatic nitrogens is 5. The fraction of sp³-hybridized carbons (Fsp3) is 0.386. The Morgan fingerprint density at radius 3 is 2.23 bits per heavy atom. The van der Waals surface area contributed by atoms with Crippen LogP contribution >= 0.6 is 0 Å². The van der Waals surface area contributed by atoms with Gasteiger partial charge in [-0.1, -0.05) is 44.2 Å². The number of aromatic amines is 2. The number of methoxy groups -OCH3 is 1. The summed E-state index contributed by atoms with van der Waals surface area (Å²) < 4.78 is 4.77. The molecule has 1 saturated heterocycles. The summed E-state index contributed by atoms with van der Waals surface area (Å²) in [5, 5.41) is 5.85. The highest BCUT2D eigenvalue weighted by molar-refractivity contribution is 6.22. The molecule has 6 atom stereocenters. The number of carbonyl (C=O) groups excluding carboxylic acids is 4. The number of ketones is 1. The zero-order valence-electron chi connectivity index (χ0n) is 32.2. The number of alkyl carbamates (subject to hydrolysis) is 1. The van der Waals surface area contributed by atoms with Crippen LogP contribution in [0.3, 0.4) is 0 Å². The SMILES string of the molecule is COC(=O)N[C@H](C(=O)N1CCC[C@H]1c1ncc(-c2ccc3c(c2)C(=O)c2cc(-c4cnc(C5C6CCC(C6)C5C(=O)NCc5cccnc5)[nH]4)ccc2-3)[nH]1)C(C)C. The van der Waals surface area contributed by atoms with Crippen LogP contribution in [0.5, 0.6) is 0 Å². The second-order valence-electron chi connectivity index (χ2n) is 16.2. The van der Waals surface area contributed by atoms with Crippen molar-refractivity contribution in [2.45, 2.75) is 70.5 Å². The molecule has 2 aromatic carbocycles. The van der Waals surface area contributed by atoms with Gasteiger partial charge >= 0.3 is 6.09 Å². The number of carbonyl (C=O) groups is 4. The van der Waals surface area contributed by atoms with E-state index in [4.69, 9.17) is 9.72 Å². The molecule has 4 aliphatic rings. The van der Waals surface area contributed by atoms with Gasteiger partial charge in [0.1, 0.15) is 17.7 Å². The number of fused-ring (bicyclic) bond motifs is 5. The van der Waals surface area contributed by atoms with Crippen molar-refractivity contribution in [2.24, 2.45) is 23.7 Å². The number of nitrogens with one attached hydrogen (secondary N) is 4. The third-order valence-electron chi connectivity index (χ3n) is 12.6. The van der Waals surface area contributed by atoms with Gasteiger partial charge in [0, 0.05) is 53.7 Å². The lowest BCUT2D eigenvalue weighted by Gasteiger charge is -2.30. The van der Waals surface area contributed by atoms with Crippen LogP contribution in [0.4, 0.5) is 4.79 Å². The van der Waals surface area contributed by atoms with E-state index in [1.165, 1.54) is 7.11 Å². The summed E-state index contributed by atoms with van der Waals surface area (Å²) >= 11 is 0. The lowest BCUT2D eigenvalue weighted by molar-refractivity contribution is -0.135. The minimum atomic E-state index is -0.718. The summed E-state index contributed by atoms with van der Waals surface area (Å²) in [5.74, 6) is 1.86. The number of likely N-dealkylation sites (tertiary alicyclic amines) is 1. The second-order valence-corrected chi connectivity index (χ2v) is 16.2. The molecule has 5 aromatic rings. The highest BCUT2D eigenvalue weighted by atomic mass is 16.5. The van der Waals surface area contributed by atoms with Gasteiger partial charge in [0.2, 0.25) is 11.8 Å². The van der Waals surface area contributed by atoms with Crippen molar-refractivity contribution >= 4 is 23.7 Å². The Hall–Kier alpha value is -6.11. The average molecular weight is 767 g/mol. The van der Waals surface area contributed by atoms with Crippen molar-refractivity contribution in [3.05, 3.63) is 102 Å². The molecule has 13 nitrogen and oxygen atoms in total. The molecule has 2 bridgehead atoms. The molecule has 4 N–H and O–H groups in total. The first kappa shape index (κ1) is 36.5. The number of benzene rings is 2. The van der Waals surface area contributed by atoms with E-state index in [0.29, 0.717) is 41.9 Å². The summed E-state index contributed by atoms with van der Waals surface area (Å²) in [7, 11) is 1.28. The Kier molecular flexibility index (Phi) is 9.46. The van der Waals surface area contributed by atoms with Crippen molar-refractivity contribution in [1.29, 1.82) is 0 Å². The Bertz CT molecular complexity index is 2370. The van der Waals surface area contributed by atoms with Crippen LogP contribution in [-0.2, 0) is 20.9 Å². The van der Waals surface area contributed by atoms with Crippen molar-refractivity contribution in [1.82, 2.24) is 40.5 Å². The molecule has 4 unspecified atom stereocenters. The molecule has 1 aliphatic heterocycles. The predicted molar refractivity (Wildman–Crippen MR) is 211 cm³/mol. The van der Waals surface area contributed by atoms with E-state index in [2.05, 4.69) is 30.6 Å². The summed E-state index contributed by atoms with van der Waals surface area (Å²) in [4.78, 5) is 75.7. The molecule has 13 heteroatoms. The normalized spacial score (nSPS) is 22.4. The number of amides is 3. The fourth-order valence-electron chi connectivity index (χ4n) is 9.78. The van der Waals surface area contributed by atoms with E-state index < -0.39 is 12.1 Å². The number of nitrogens with zero attached hydrogens (tertiary/aromatic N) is 4. The zero-order valence-corrected chi connectivity index (χ0v) is 32.2. The summed E-state index contributed by atoms with van der Waals surface area (Å²) in [6.45, 7) is 4.79. The Labute approximate surface area is 330 Å². The molecule has 3 fully saturated rings. The smallest absolute Gasteiger partial charge is 0.407 e. The second kappa shape index (κ2) is 14.8. The van der Waals surface area contributed by atoms with Gasteiger partial charge in [-0.25, -0.2) is 14.8 Å². The average Bonchev–Trinajstić information content (AvgIpc) is 4.10. The zero-order chi connectivity index (χ0) is 39.4. The first-order valence-corrected chi connectivity index (χ1v) is 19.9. The van der Waals surface area contributed by atoms with E-state index in [1.54, 1.807) is 23.5 Å². The highest BCUT2D eigenvalue weighted by Crippen LogP contribution is 2.56. The first-order valence-electron chi connectivity index (χ1n) is 19.9. The van der Waals surface area contributed by atoms with Crippen molar-refractivity contribution in [2.75, 3.05) is 13.7 Å². The molecule has 2 saturated carbocycles. The van der Waals surface area contributed by atoms with Gasteiger partial charge in [-0.15, -0.1) is 0 Å². The molecule has 9 rings (SSSR count). The van der Waals surface area contributed by atoms with Crippen LogP contribution in [0.1, 0.15) is 91.0 Å². The maximum atomic E-state index is 14.0. The van der Waals surface area contributed by atoms with Crippen LogP contribution < -0.4 is 10.6 Å². The van der Waals surface area contributed by atoms with Crippen LogP contribution in [0, 0.1) is 23.7 Å². The van der Waals surface area contributed by atoms with Gasteiger partial charge < -0.3 is 30.2 Å². The highest BCUT2D eigenvalue weighted by Gasteiger charge is 2.52. The number of rotatable bonds is 10. The Morgan fingerprint density at radius 1 is 0.877 bits per heavy atom. The van der Waals surface area contributed by atoms with E-state index in [9.17, 15) is 19.2 Å². The molecular weight excluding hydrogens is 721 g/mol. The lowest BCUT2D eigenvalue weighted by Crippen LogP contribution is -2.51. The predicted octanol–water partition coefficient (Wildman–Crippen LogP) is 6.56. The fourth-order valence-corrected chi connectivity index (χ4v) is 9.78. The third-order valence-corrected chi connectivity index (χ3v) is 12.6. The van der Waals surface area contributed by atoms with Gasteiger partial charge in [0.15, 0.2) is 5.78 Å². The van der Waals surface area contributed by atoms with Crippen LogP contribution in [0.15, 0.2) is 73.3 Å². The maximum absolute atomic E-state index is 14.0. The van der Waals surface area contributed by atoms with Crippen LogP contribution in [0.2, 0.25) is 0 Å². The number of imidazole rings is 2. The topological polar surface area (TPSA) is 175 Å². The maximum Gasteiger partial charge on any atom is 0.407 e. The quantitative estimate of drug-likeness (QED) is 0.121. The molecule has 292 valence electrons. The van der Waals surface area contributed by atoms with Crippen molar-refractivity contribution < 1.29 is 23.9 Å². The minimum Gasteiger partial charge on any atom is -0.453 e. The molecular formula is C44H46N8O5. The van der Waals surface area contributed by atoms with Crippen molar-refractivity contribution in [3.8, 4) is 33.6 Å². The van der Waals surface area contributed by atoms with Gasteiger partial charge in [-0.05, 0) is 84.7 Å². The van der Waals surface area contributed by atoms with Crippen molar-refractivity contribution in [3.63, 3.8) is 0 Å². The number of H-pyrrole nitrogens is 2. The Balaban J connectivity index is 0.911. The van der Waals surface area contributed by atoms with Gasteiger partial charge in [-0.3, -0.25) is 19.4 Å². The number of hydrogen-bond acceptors (Lipinski definition) is 8. The van der Waals surface area contributed by atoms with Crippen LogP contribution in [0.25, 0.3) is 33.6 Å². The number of ether oxygens (including phenoxy) is 1. The molecule has 0 spiro atoms. The van der Waals surface area contributed by atoms with Gasteiger partial charge in [-0.2, -0.15) is 0 Å². The third kappa shape index (κ3) is 6.58. The summed E-state index contributed by atoms with van der Waals surface area (Å²) in [6, 6.07) is 14.7. The van der Waals surface area contributed by atoms with E-state index in [0.717, 1.165) is 77.1 Å². The molecule has 3 aromatic heterocycles. The molecule has 3 aliphatic carbocycles. The summed E-state index contributed by atoms with van der Waals surface area (Å²) in [6.07, 6.45) is 11.2. The van der Waals surface area contributed by atoms with Crippen LogP contribution in [-0.4, -0.2) is 73.2 Å². The van der Waals surface area contributed by atoms with E-state index in [-0.39, 0.29) is 41.4 Å². The molecule has 3 amide bonds. The molecule has 57 heavy (non-hydrogen) atoms. The standard InChI is InChI=1S/C44H46N8O5/c1-23(2)38(51-44(56)57-3)43(55)52-15-5-7-35(52)40-46-21-33(49-40)25-10-12-29-30-13-11-26(18-32(30)39(53)31(29)17-25)34-22-47-41(50-34)36-27-8-9-28(16-27)37(36)42(54)48-20-24-6-4-14-45-19-24/h4,6,10-14,17-19,21-23,27-28,35-38H,5,7-9,15-16,20H2,1-3H3,(H,46,49)(H,47,50)(H,48,54)(H,51,56)/t27?,28?,35-,36?,37?,38-/m0/s1. The number of pyridine rings is 1. The monoisotopic (exact) mass is 766 g/mol. The Morgan fingerprint density at radius 2 is 1.56 bits per heavy atom. The lowest BCUT2D eigenvalue weighted by atomic mass is 9.78. The largest absolute Gasteiger partial charge is 0.453 e. The van der Waals surface area contributed by atoms with Gasteiger partial charge in [0.05, 0.1) is 42.9 Å². The summed E-state index contributed by atoms with van der Waals surface area (Å²) in [5.41, 5.74) is 7.24. The minimum absolute atomic E-state index is 0.0193. The first-order chi connectivity index (χ1) is 27.7.